The number of ether oxygens (including phenoxy) is 1. The summed E-state index contributed by atoms with van der Waals surface area (Å²) in [4.78, 5) is 14.2. The van der Waals surface area contributed by atoms with E-state index in [4.69, 9.17) is 10.5 Å². The smallest absolute Gasteiger partial charge is 0.269 e. The minimum absolute atomic E-state index is 0.0849. The fourth-order valence-electron chi connectivity index (χ4n) is 1.58. The van der Waals surface area contributed by atoms with Crippen LogP contribution in [0.3, 0.4) is 0 Å². The molecule has 0 amide bonds. The summed E-state index contributed by atoms with van der Waals surface area (Å²) in [6.45, 7) is 0.435. The Balaban J connectivity index is 1.89. The number of halogens is 1. The molecule has 6 nitrogen and oxygen atoms in total. The number of benzene rings is 1. The molecule has 2 rings (SSSR count). The number of non-ortho nitro benzene ring substituents is 1. The van der Waals surface area contributed by atoms with Crippen molar-refractivity contribution < 1.29 is 9.66 Å². The maximum absolute atomic E-state index is 10.5. The molecule has 0 aliphatic carbocycles. The van der Waals surface area contributed by atoms with Crippen molar-refractivity contribution in [3.8, 4) is 5.88 Å². The third kappa shape index (κ3) is 3.80. The van der Waals surface area contributed by atoms with E-state index in [1.165, 1.54) is 12.1 Å². The lowest BCUT2D eigenvalue weighted by atomic mass is 10.1. The number of hydrogen-bond acceptors (Lipinski definition) is 5. The van der Waals surface area contributed by atoms with Crippen molar-refractivity contribution in [2.75, 3.05) is 12.3 Å². The van der Waals surface area contributed by atoms with E-state index < -0.39 is 4.92 Å². The van der Waals surface area contributed by atoms with E-state index in [0.29, 0.717) is 24.7 Å². The molecule has 0 aliphatic heterocycles. The van der Waals surface area contributed by atoms with Crippen molar-refractivity contribution in [1.29, 1.82) is 0 Å². The predicted octanol–water partition coefficient (Wildman–Crippen LogP) is 2.80. The van der Waals surface area contributed by atoms with Gasteiger partial charge in [-0.2, -0.15) is 4.98 Å². The normalized spacial score (nSPS) is 10.2. The van der Waals surface area contributed by atoms with Crippen LogP contribution < -0.4 is 10.5 Å². The number of nitrogens with two attached hydrogens (primary N) is 1. The van der Waals surface area contributed by atoms with Crippen LogP contribution in [0.4, 0.5) is 11.5 Å². The average molecular weight is 385 g/mol. The Morgan fingerprint density at radius 3 is 2.55 bits per heavy atom. The number of pyridine rings is 1. The monoisotopic (exact) mass is 385 g/mol. The van der Waals surface area contributed by atoms with Gasteiger partial charge in [0.25, 0.3) is 5.69 Å². The molecule has 2 N–H and O–H groups in total. The van der Waals surface area contributed by atoms with Gasteiger partial charge < -0.3 is 10.5 Å². The summed E-state index contributed by atoms with van der Waals surface area (Å²) in [5.74, 6) is 0.920. The van der Waals surface area contributed by atoms with Gasteiger partial charge in [0, 0.05) is 24.6 Å². The van der Waals surface area contributed by atoms with E-state index in [2.05, 4.69) is 27.6 Å². The Kier molecular flexibility index (Phi) is 4.72. The van der Waals surface area contributed by atoms with Gasteiger partial charge in [0.05, 0.1) is 15.1 Å². The van der Waals surface area contributed by atoms with Crippen LogP contribution in [-0.4, -0.2) is 16.5 Å². The highest BCUT2D eigenvalue weighted by Gasteiger charge is 2.04. The Morgan fingerprint density at radius 1 is 1.25 bits per heavy atom. The van der Waals surface area contributed by atoms with Gasteiger partial charge in [-0.1, -0.05) is 12.1 Å². The van der Waals surface area contributed by atoms with Crippen LogP contribution in [0.1, 0.15) is 5.56 Å². The quantitative estimate of drug-likeness (QED) is 0.486. The van der Waals surface area contributed by atoms with Crippen molar-refractivity contribution in [2.45, 2.75) is 6.42 Å². The van der Waals surface area contributed by atoms with Crippen LogP contribution in [0.5, 0.6) is 5.88 Å². The topological polar surface area (TPSA) is 91.3 Å². The summed E-state index contributed by atoms with van der Waals surface area (Å²) in [6, 6.07) is 10.00. The molecule has 0 radical (unpaired) electrons. The second kappa shape index (κ2) is 6.51. The molecule has 0 atom stereocenters. The zero-order valence-corrected chi connectivity index (χ0v) is 12.6. The lowest BCUT2D eigenvalue weighted by Gasteiger charge is -2.06. The van der Waals surface area contributed by atoms with E-state index in [0.717, 1.165) is 9.13 Å². The van der Waals surface area contributed by atoms with Gasteiger partial charge in [0.1, 0.15) is 5.82 Å². The minimum Gasteiger partial charge on any atom is -0.477 e. The van der Waals surface area contributed by atoms with Crippen molar-refractivity contribution in [2.24, 2.45) is 0 Å². The lowest BCUT2D eigenvalue weighted by Crippen LogP contribution is -2.04. The summed E-state index contributed by atoms with van der Waals surface area (Å²) < 4.78 is 6.38. The molecule has 0 bridgehead atoms. The van der Waals surface area contributed by atoms with Gasteiger partial charge >= 0.3 is 0 Å². The summed E-state index contributed by atoms with van der Waals surface area (Å²) in [7, 11) is 0. The highest BCUT2D eigenvalue weighted by atomic mass is 127. The van der Waals surface area contributed by atoms with Gasteiger partial charge in [0.2, 0.25) is 5.88 Å². The van der Waals surface area contributed by atoms with Crippen molar-refractivity contribution >= 4 is 34.1 Å². The molecule has 1 heterocycles. The number of rotatable bonds is 5. The molecule has 20 heavy (non-hydrogen) atoms. The number of nitro groups is 1. The Morgan fingerprint density at radius 2 is 1.95 bits per heavy atom. The van der Waals surface area contributed by atoms with E-state index in [9.17, 15) is 10.1 Å². The summed E-state index contributed by atoms with van der Waals surface area (Å²) >= 11 is 2.10. The van der Waals surface area contributed by atoms with Crippen LogP contribution in [-0.2, 0) is 6.42 Å². The van der Waals surface area contributed by atoms with Crippen molar-refractivity contribution in [1.82, 2.24) is 4.98 Å². The molecule has 104 valence electrons. The number of hydrogen-bond donors (Lipinski definition) is 1. The SMILES string of the molecule is Nc1nc(OCCc2ccc([N+](=O)[O-])cc2)ccc1I. The van der Waals surface area contributed by atoms with Gasteiger partial charge in [-0.15, -0.1) is 0 Å². The van der Waals surface area contributed by atoms with E-state index in [1.54, 1.807) is 18.2 Å². The zero-order valence-electron chi connectivity index (χ0n) is 10.5. The van der Waals surface area contributed by atoms with Crippen LogP contribution in [0.2, 0.25) is 0 Å². The summed E-state index contributed by atoms with van der Waals surface area (Å²) in [6.07, 6.45) is 0.644. The minimum atomic E-state index is -0.418. The molecule has 1 aromatic heterocycles. The van der Waals surface area contributed by atoms with Gasteiger partial charge in [-0.25, -0.2) is 0 Å². The summed E-state index contributed by atoms with van der Waals surface area (Å²) in [5, 5.41) is 10.5. The Bertz CT molecular complexity index is 617. The second-order valence-electron chi connectivity index (χ2n) is 4.04. The number of aromatic nitrogens is 1. The summed E-state index contributed by atoms with van der Waals surface area (Å²) in [5.41, 5.74) is 6.74. The molecule has 0 fully saturated rings. The first-order chi connectivity index (χ1) is 9.56. The van der Waals surface area contributed by atoms with Gasteiger partial charge in [-0.3, -0.25) is 10.1 Å². The highest BCUT2D eigenvalue weighted by Crippen LogP contribution is 2.17. The van der Waals surface area contributed by atoms with Crippen LogP contribution >= 0.6 is 22.6 Å². The Hall–Kier alpha value is -1.90. The number of nitrogens with zero attached hydrogens (tertiary/aromatic N) is 2. The van der Waals surface area contributed by atoms with Crippen molar-refractivity contribution in [3.63, 3.8) is 0 Å². The fraction of sp³-hybridized carbons (Fsp3) is 0.154. The first kappa shape index (κ1) is 14.5. The molecule has 7 heteroatoms. The van der Waals surface area contributed by atoms with Crippen LogP contribution in [0, 0.1) is 13.7 Å². The molecule has 2 aromatic rings. The molecule has 0 aliphatic rings. The largest absolute Gasteiger partial charge is 0.477 e. The van der Waals surface area contributed by atoms with E-state index >= 15 is 0 Å². The predicted molar refractivity (Wildman–Crippen MR) is 83.7 cm³/mol. The standard InChI is InChI=1S/C13H12IN3O3/c14-11-5-6-12(16-13(11)15)20-8-7-9-1-3-10(4-2-9)17(18)19/h1-6H,7-8H2,(H2,15,16). The molecule has 0 saturated carbocycles. The maximum Gasteiger partial charge on any atom is 0.269 e. The number of anilines is 1. The average Bonchev–Trinajstić information content (AvgIpc) is 2.43. The van der Waals surface area contributed by atoms with Crippen molar-refractivity contribution in [3.05, 3.63) is 55.6 Å². The third-order valence-corrected chi connectivity index (χ3v) is 3.55. The van der Waals surface area contributed by atoms with Crippen LogP contribution in [0.25, 0.3) is 0 Å². The molecule has 0 spiro atoms. The zero-order chi connectivity index (χ0) is 14.5. The fourth-order valence-corrected chi connectivity index (χ4v) is 1.88. The van der Waals surface area contributed by atoms with E-state index in [1.807, 2.05) is 6.07 Å². The van der Waals surface area contributed by atoms with Gasteiger partial charge in [0.15, 0.2) is 0 Å². The first-order valence-electron chi connectivity index (χ1n) is 5.84. The molecule has 0 unspecified atom stereocenters. The third-order valence-electron chi connectivity index (χ3n) is 2.64. The highest BCUT2D eigenvalue weighted by molar-refractivity contribution is 14.1. The molecule has 1 aromatic carbocycles. The number of nitrogen functional groups attached to an aromatic ring is 1. The Labute approximate surface area is 129 Å². The lowest BCUT2D eigenvalue weighted by molar-refractivity contribution is -0.384. The maximum atomic E-state index is 10.5. The first-order valence-corrected chi connectivity index (χ1v) is 6.92. The van der Waals surface area contributed by atoms with Gasteiger partial charge in [-0.05, 0) is 34.2 Å². The number of nitro benzene ring substituents is 1. The second-order valence-corrected chi connectivity index (χ2v) is 5.20. The molecule has 0 saturated heterocycles. The van der Waals surface area contributed by atoms with Crippen LogP contribution in [0.15, 0.2) is 36.4 Å². The molecular formula is C13H12IN3O3. The van der Waals surface area contributed by atoms with E-state index in [-0.39, 0.29) is 5.69 Å². The molecular weight excluding hydrogens is 373 g/mol.